The third-order valence-electron chi connectivity index (χ3n) is 4.05. The normalized spacial score (nSPS) is 25.1. The zero-order valence-corrected chi connectivity index (χ0v) is 12.4. The Labute approximate surface area is 104 Å². The Balaban J connectivity index is 0.00000106. The third-order valence-corrected chi connectivity index (χ3v) is 4.05. The lowest BCUT2D eigenvalue weighted by Gasteiger charge is -2.32. The second-order valence-corrected chi connectivity index (χ2v) is 5.36. The van der Waals surface area contributed by atoms with Gasteiger partial charge in [0, 0.05) is 0 Å². The van der Waals surface area contributed by atoms with Crippen molar-refractivity contribution >= 4 is 0 Å². The third kappa shape index (κ3) is 5.92. The molecule has 0 heterocycles. The van der Waals surface area contributed by atoms with Crippen LogP contribution in [0.15, 0.2) is 0 Å². The van der Waals surface area contributed by atoms with Gasteiger partial charge in [0.2, 0.25) is 0 Å². The predicted octanol–water partition coefficient (Wildman–Crippen LogP) is 6.06. The van der Waals surface area contributed by atoms with Crippen molar-refractivity contribution in [2.24, 2.45) is 17.8 Å². The summed E-state index contributed by atoms with van der Waals surface area (Å²) in [6.45, 7) is 11.1. The molecule has 0 N–H and O–H groups in total. The predicted molar refractivity (Wildman–Crippen MR) is 75.8 cm³/mol. The Morgan fingerprint density at radius 2 is 1.31 bits per heavy atom. The molecule has 0 unspecified atom stereocenters. The fourth-order valence-corrected chi connectivity index (χ4v) is 3.11. The van der Waals surface area contributed by atoms with Crippen LogP contribution in [0.3, 0.4) is 0 Å². The molecule has 0 nitrogen and oxygen atoms in total. The first-order valence-electron chi connectivity index (χ1n) is 7.77. The lowest BCUT2D eigenvalue weighted by molar-refractivity contribution is 0.192. The lowest BCUT2D eigenvalue weighted by Crippen LogP contribution is -2.20. The van der Waals surface area contributed by atoms with Crippen molar-refractivity contribution in [1.29, 1.82) is 0 Å². The lowest BCUT2D eigenvalue weighted by atomic mass is 9.73. The first-order valence-corrected chi connectivity index (χ1v) is 7.77. The highest BCUT2D eigenvalue weighted by molar-refractivity contribution is 4.76. The summed E-state index contributed by atoms with van der Waals surface area (Å²) in [6.07, 6.45) is 11.8. The van der Waals surface area contributed by atoms with Gasteiger partial charge in [-0.25, -0.2) is 0 Å². The van der Waals surface area contributed by atoms with Crippen LogP contribution in [-0.2, 0) is 0 Å². The van der Waals surface area contributed by atoms with Crippen molar-refractivity contribution in [2.45, 2.75) is 86.0 Å². The molecule has 0 aliphatic heterocycles. The largest absolute Gasteiger partial charge is 0.0683 e. The van der Waals surface area contributed by atoms with E-state index in [-0.39, 0.29) is 0 Å². The second-order valence-electron chi connectivity index (χ2n) is 5.36. The van der Waals surface area contributed by atoms with Crippen LogP contribution in [-0.4, -0.2) is 0 Å². The van der Waals surface area contributed by atoms with E-state index in [0.29, 0.717) is 0 Å². The monoisotopic (exact) mass is 226 g/mol. The Hall–Kier alpha value is 0. The van der Waals surface area contributed by atoms with E-state index in [1.807, 2.05) is 13.8 Å². The minimum atomic E-state index is 1.01. The first kappa shape index (κ1) is 16.0. The molecule has 1 fully saturated rings. The molecule has 16 heavy (non-hydrogen) atoms. The number of hydrogen-bond donors (Lipinski definition) is 0. The number of hydrogen-bond acceptors (Lipinski definition) is 0. The summed E-state index contributed by atoms with van der Waals surface area (Å²) in [4.78, 5) is 0. The molecule has 0 aromatic carbocycles. The molecule has 1 aliphatic carbocycles. The van der Waals surface area contributed by atoms with Crippen molar-refractivity contribution in [3.05, 3.63) is 0 Å². The average molecular weight is 226 g/mol. The Kier molecular flexibility index (Phi) is 10.2. The molecule has 0 aromatic heterocycles. The summed E-state index contributed by atoms with van der Waals surface area (Å²) in [5.74, 6) is 3.14. The molecule has 0 aromatic rings. The van der Waals surface area contributed by atoms with Crippen LogP contribution in [0.4, 0.5) is 0 Å². The van der Waals surface area contributed by atoms with Gasteiger partial charge < -0.3 is 0 Å². The highest BCUT2D eigenvalue weighted by Gasteiger charge is 2.24. The number of rotatable bonds is 5. The van der Waals surface area contributed by atoms with Crippen LogP contribution in [0.1, 0.15) is 86.0 Å². The Bertz CT molecular complexity index is 125. The van der Waals surface area contributed by atoms with Crippen LogP contribution in [0.25, 0.3) is 0 Å². The molecular formula is C16H34. The summed E-state index contributed by atoms with van der Waals surface area (Å²) in [5, 5.41) is 0. The molecular weight excluding hydrogens is 192 g/mol. The van der Waals surface area contributed by atoms with Crippen molar-refractivity contribution in [3.63, 3.8) is 0 Å². The maximum Gasteiger partial charge on any atom is -0.0386 e. The molecule has 0 amide bonds. The van der Waals surface area contributed by atoms with E-state index in [4.69, 9.17) is 0 Å². The fraction of sp³-hybridized carbons (Fsp3) is 1.00. The van der Waals surface area contributed by atoms with Gasteiger partial charge in [-0.3, -0.25) is 0 Å². The van der Waals surface area contributed by atoms with Gasteiger partial charge in [-0.05, 0) is 30.6 Å². The van der Waals surface area contributed by atoms with Crippen LogP contribution >= 0.6 is 0 Å². The Morgan fingerprint density at radius 1 is 0.875 bits per heavy atom. The highest BCUT2D eigenvalue weighted by Crippen LogP contribution is 2.36. The maximum atomic E-state index is 2.42. The standard InChI is InChI=1S/C14H28.C2H6/c1-4-6-13(7-5-2)14-10-8-12(3)9-11-14;1-2/h12-14H,4-11H2,1-3H3;1-2H3. The summed E-state index contributed by atoms with van der Waals surface area (Å²) in [5.41, 5.74) is 0. The molecule has 0 heteroatoms. The smallest absolute Gasteiger partial charge is 0.0386 e. The summed E-state index contributed by atoms with van der Waals surface area (Å²) in [7, 11) is 0. The van der Waals surface area contributed by atoms with E-state index in [1.54, 1.807) is 0 Å². The van der Waals surface area contributed by atoms with Crippen molar-refractivity contribution in [1.82, 2.24) is 0 Å². The summed E-state index contributed by atoms with van der Waals surface area (Å²) >= 11 is 0. The zero-order valence-electron chi connectivity index (χ0n) is 12.4. The second kappa shape index (κ2) is 10.2. The summed E-state index contributed by atoms with van der Waals surface area (Å²) in [6, 6.07) is 0. The van der Waals surface area contributed by atoms with E-state index in [1.165, 1.54) is 51.4 Å². The van der Waals surface area contributed by atoms with E-state index >= 15 is 0 Å². The van der Waals surface area contributed by atoms with Crippen LogP contribution in [0, 0.1) is 17.8 Å². The van der Waals surface area contributed by atoms with Gasteiger partial charge in [0.1, 0.15) is 0 Å². The quantitative estimate of drug-likeness (QED) is 0.535. The van der Waals surface area contributed by atoms with Gasteiger partial charge >= 0.3 is 0 Å². The maximum absolute atomic E-state index is 2.42. The van der Waals surface area contributed by atoms with Crippen molar-refractivity contribution in [3.8, 4) is 0 Å². The molecule has 1 saturated carbocycles. The van der Waals surface area contributed by atoms with E-state index in [9.17, 15) is 0 Å². The van der Waals surface area contributed by atoms with Gasteiger partial charge in [-0.2, -0.15) is 0 Å². The van der Waals surface area contributed by atoms with E-state index < -0.39 is 0 Å². The van der Waals surface area contributed by atoms with E-state index in [2.05, 4.69) is 20.8 Å². The first-order chi connectivity index (χ1) is 7.77. The molecule has 98 valence electrons. The van der Waals surface area contributed by atoms with Crippen LogP contribution in [0.2, 0.25) is 0 Å². The molecule has 0 bridgehead atoms. The summed E-state index contributed by atoms with van der Waals surface area (Å²) < 4.78 is 0. The SMILES string of the molecule is CC.CCCC(CCC)C1CCC(C)CC1. The molecule has 1 rings (SSSR count). The van der Waals surface area contributed by atoms with Gasteiger partial charge in [0.15, 0.2) is 0 Å². The van der Waals surface area contributed by atoms with Crippen molar-refractivity contribution < 1.29 is 0 Å². The Morgan fingerprint density at radius 3 is 1.69 bits per heavy atom. The van der Waals surface area contributed by atoms with Crippen LogP contribution in [0.5, 0.6) is 0 Å². The highest BCUT2D eigenvalue weighted by atomic mass is 14.3. The van der Waals surface area contributed by atoms with Gasteiger partial charge in [-0.1, -0.05) is 73.1 Å². The molecule has 1 aliphatic rings. The zero-order chi connectivity index (χ0) is 12.4. The molecule has 0 radical (unpaired) electrons. The molecule has 0 saturated heterocycles. The minimum absolute atomic E-state index is 1.01. The van der Waals surface area contributed by atoms with Crippen molar-refractivity contribution in [2.75, 3.05) is 0 Å². The topological polar surface area (TPSA) is 0 Å². The molecule has 0 atom stereocenters. The minimum Gasteiger partial charge on any atom is -0.0683 e. The fourth-order valence-electron chi connectivity index (χ4n) is 3.11. The van der Waals surface area contributed by atoms with E-state index in [0.717, 1.165) is 17.8 Å². The van der Waals surface area contributed by atoms with Gasteiger partial charge in [0.25, 0.3) is 0 Å². The van der Waals surface area contributed by atoms with Gasteiger partial charge in [-0.15, -0.1) is 0 Å². The van der Waals surface area contributed by atoms with Crippen LogP contribution < -0.4 is 0 Å². The molecule has 0 spiro atoms. The average Bonchev–Trinajstić information content (AvgIpc) is 2.32. The van der Waals surface area contributed by atoms with Gasteiger partial charge in [0.05, 0.1) is 0 Å².